The molecule has 2 saturated heterocycles. The van der Waals surface area contributed by atoms with Crippen LogP contribution in [0, 0.1) is 5.92 Å². The maximum absolute atomic E-state index is 5.36. The second kappa shape index (κ2) is 11.8. The van der Waals surface area contributed by atoms with Crippen LogP contribution in [-0.2, 0) is 0 Å². The van der Waals surface area contributed by atoms with Crippen molar-refractivity contribution in [3.63, 3.8) is 0 Å². The normalized spacial score (nSPS) is 21.2. The fourth-order valence-electron chi connectivity index (χ4n) is 4.23. The molecule has 1 unspecified atom stereocenters. The maximum atomic E-state index is 5.36. The van der Waals surface area contributed by atoms with Crippen LogP contribution in [0.2, 0.25) is 0 Å². The number of ether oxygens (including phenoxy) is 1. The molecule has 2 heterocycles. The van der Waals surface area contributed by atoms with Gasteiger partial charge in [-0.3, -0.25) is 4.99 Å². The van der Waals surface area contributed by atoms with Gasteiger partial charge in [0.2, 0.25) is 0 Å². The van der Waals surface area contributed by atoms with Gasteiger partial charge in [-0.15, -0.1) is 24.0 Å². The van der Waals surface area contributed by atoms with Crippen LogP contribution >= 0.6 is 24.0 Å². The summed E-state index contributed by atoms with van der Waals surface area (Å²) < 4.78 is 5.36. The van der Waals surface area contributed by atoms with Gasteiger partial charge in [-0.1, -0.05) is 6.07 Å². The van der Waals surface area contributed by atoms with Crippen molar-refractivity contribution < 1.29 is 4.74 Å². The van der Waals surface area contributed by atoms with Crippen LogP contribution in [0.3, 0.4) is 0 Å². The summed E-state index contributed by atoms with van der Waals surface area (Å²) in [7, 11) is 3.59. The lowest BCUT2D eigenvalue weighted by molar-refractivity contribution is 0.167. The van der Waals surface area contributed by atoms with Gasteiger partial charge in [0, 0.05) is 63.6 Å². The molecular formula is C22H38IN5O. The largest absolute Gasteiger partial charge is 0.497 e. The Bertz CT molecular complexity index is 646. The zero-order valence-corrected chi connectivity index (χ0v) is 20.7. The number of benzene rings is 1. The van der Waals surface area contributed by atoms with Crippen molar-refractivity contribution in [3.8, 4) is 5.75 Å². The van der Waals surface area contributed by atoms with Gasteiger partial charge in [-0.05, 0) is 51.2 Å². The highest BCUT2D eigenvalue weighted by Crippen LogP contribution is 2.26. The number of halogens is 1. The molecule has 7 heteroatoms. The first-order valence-corrected chi connectivity index (χ1v) is 10.7. The van der Waals surface area contributed by atoms with Crippen molar-refractivity contribution >= 4 is 35.6 Å². The molecule has 164 valence electrons. The van der Waals surface area contributed by atoms with Gasteiger partial charge in [0.1, 0.15) is 5.75 Å². The molecule has 0 saturated carbocycles. The third-order valence-electron chi connectivity index (χ3n) is 6.09. The van der Waals surface area contributed by atoms with Crippen molar-refractivity contribution in [1.29, 1.82) is 0 Å². The van der Waals surface area contributed by atoms with Crippen LogP contribution in [0.5, 0.6) is 5.75 Å². The standard InChI is InChI=1S/C22H37N5O.HI/c1-17(2)26-12-9-19(10-13-26)25-22(23-3)24-15-18-8-11-27(16-18)20-6-5-7-21(14-20)28-4;/h5-7,14,17-19H,8-13,15-16H2,1-4H3,(H2,23,24,25);1H. The second-order valence-electron chi connectivity index (χ2n) is 8.30. The number of likely N-dealkylation sites (tertiary alicyclic amines) is 1. The zero-order valence-electron chi connectivity index (χ0n) is 18.4. The number of aliphatic imine (C=N–C) groups is 1. The average Bonchev–Trinajstić information content (AvgIpc) is 3.20. The number of anilines is 1. The van der Waals surface area contributed by atoms with E-state index >= 15 is 0 Å². The Labute approximate surface area is 193 Å². The number of nitrogens with one attached hydrogen (secondary N) is 2. The number of hydrogen-bond acceptors (Lipinski definition) is 4. The van der Waals surface area contributed by atoms with E-state index in [1.54, 1.807) is 7.11 Å². The zero-order chi connectivity index (χ0) is 19.9. The molecule has 0 bridgehead atoms. The minimum absolute atomic E-state index is 0. The Kier molecular flexibility index (Phi) is 9.82. The maximum Gasteiger partial charge on any atom is 0.191 e. The molecular weight excluding hydrogens is 477 g/mol. The smallest absolute Gasteiger partial charge is 0.191 e. The van der Waals surface area contributed by atoms with Crippen LogP contribution < -0.4 is 20.3 Å². The monoisotopic (exact) mass is 515 g/mol. The van der Waals surface area contributed by atoms with E-state index in [0.717, 1.165) is 31.3 Å². The summed E-state index contributed by atoms with van der Waals surface area (Å²) in [6.07, 6.45) is 3.58. The highest BCUT2D eigenvalue weighted by Gasteiger charge is 2.24. The van der Waals surface area contributed by atoms with Gasteiger partial charge < -0.3 is 25.2 Å². The van der Waals surface area contributed by atoms with E-state index in [4.69, 9.17) is 4.74 Å². The van der Waals surface area contributed by atoms with Crippen LogP contribution in [0.25, 0.3) is 0 Å². The molecule has 1 aromatic rings. The van der Waals surface area contributed by atoms with E-state index in [1.807, 2.05) is 13.1 Å². The molecule has 2 aliphatic rings. The van der Waals surface area contributed by atoms with Crippen LogP contribution in [0.4, 0.5) is 5.69 Å². The predicted molar refractivity (Wildman–Crippen MR) is 133 cm³/mol. The molecule has 2 N–H and O–H groups in total. The minimum Gasteiger partial charge on any atom is -0.497 e. The first-order valence-electron chi connectivity index (χ1n) is 10.7. The van der Waals surface area contributed by atoms with Crippen LogP contribution in [-0.4, -0.2) is 69.8 Å². The SMILES string of the molecule is CN=C(NCC1CCN(c2cccc(OC)c2)C1)NC1CCN(C(C)C)CC1.I. The Morgan fingerprint density at radius 1 is 1.21 bits per heavy atom. The van der Waals surface area contributed by atoms with Crippen molar-refractivity contribution in [2.24, 2.45) is 10.9 Å². The first-order chi connectivity index (χ1) is 13.6. The highest BCUT2D eigenvalue weighted by molar-refractivity contribution is 14.0. The van der Waals surface area contributed by atoms with E-state index in [1.165, 1.54) is 38.0 Å². The van der Waals surface area contributed by atoms with Crippen molar-refractivity contribution in [2.75, 3.05) is 51.8 Å². The molecule has 2 aliphatic heterocycles. The molecule has 0 amide bonds. The minimum atomic E-state index is 0. The molecule has 3 rings (SSSR count). The fourth-order valence-corrected chi connectivity index (χ4v) is 4.23. The number of methoxy groups -OCH3 is 1. The van der Waals surface area contributed by atoms with Gasteiger partial charge in [-0.2, -0.15) is 0 Å². The number of hydrogen-bond donors (Lipinski definition) is 2. The molecule has 0 aliphatic carbocycles. The molecule has 29 heavy (non-hydrogen) atoms. The molecule has 6 nitrogen and oxygen atoms in total. The third kappa shape index (κ3) is 6.91. The Balaban J connectivity index is 0.00000300. The van der Waals surface area contributed by atoms with Gasteiger partial charge in [0.15, 0.2) is 5.96 Å². The highest BCUT2D eigenvalue weighted by atomic mass is 127. The molecule has 0 aromatic heterocycles. The molecule has 1 aromatic carbocycles. The number of piperidine rings is 1. The quantitative estimate of drug-likeness (QED) is 0.347. The van der Waals surface area contributed by atoms with E-state index in [9.17, 15) is 0 Å². The number of guanidine groups is 1. The van der Waals surface area contributed by atoms with Crippen molar-refractivity contribution in [3.05, 3.63) is 24.3 Å². The molecule has 0 radical (unpaired) electrons. The second-order valence-corrected chi connectivity index (χ2v) is 8.30. The average molecular weight is 515 g/mol. The lowest BCUT2D eigenvalue weighted by Gasteiger charge is -2.35. The number of rotatable bonds is 6. The summed E-state index contributed by atoms with van der Waals surface area (Å²) in [5, 5.41) is 7.19. The number of nitrogens with zero attached hydrogens (tertiary/aromatic N) is 3. The van der Waals surface area contributed by atoms with Gasteiger partial charge in [0.25, 0.3) is 0 Å². The lowest BCUT2D eigenvalue weighted by Crippen LogP contribution is -2.50. The topological polar surface area (TPSA) is 52.1 Å². The lowest BCUT2D eigenvalue weighted by atomic mass is 10.0. The predicted octanol–water partition coefficient (Wildman–Crippen LogP) is 3.18. The van der Waals surface area contributed by atoms with Crippen molar-refractivity contribution in [2.45, 2.75) is 45.2 Å². The summed E-state index contributed by atoms with van der Waals surface area (Å²) in [4.78, 5) is 9.45. The Hall–Kier alpha value is -1.22. The summed E-state index contributed by atoms with van der Waals surface area (Å²) in [6.45, 7) is 10.0. The van der Waals surface area contributed by atoms with Gasteiger partial charge in [-0.25, -0.2) is 0 Å². The summed E-state index contributed by atoms with van der Waals surface area (Å²) >= 11 is 0. The molecule has 2 fully saturated rings. The molecule has 0 spiro atoms. The Morgan fingerprint density at radius 3 is 2.62 bits per heavy atom. The summed E-state index contributed by atoms with van der Waals surface area (Å²) in [6, 6.07) is 9.53. The third-order valence-corrected chi connectivity index (χ3v) is 6.09. The van der Waals surface area contributed by atoms with E-state index in [0.29, 0.717) is 18.0 Å². The van der Waals surface area contributed by atoms with E-state index in [2.05, 4.69) is 57.5 Å². The Morgan fingerprint density at radius 2 is 1.97 bits per heavy atom. The first kappa shape index (κ1) is 24.1. The van der Waals surface area contributed by atoms with Crippen LogP contribution in [0.15, 0.2) is 29.3 Å². The van der Waals surface area contributed by atoms with Gasteiger partial charge >= 0.3 is 0 Å². The van der Waals surface area contributed by atoms with Crippen LogP contribution in [0.1, 0.15) is 33.1 Å². The summed E-state index contributed by atoms with van der Waals surface area (Å²) in [5.74, 6) is 2.50. The van der Waals surface area contributed by atoms with Gasteiger partial charge in [0.05, 0.1) is 7.11 Å². The van der Waals surface area contributed by atoms with E-state index < -0.39 is 0 Å². The van der Waals surface area contributed by atoms with Crippen molar-refractivity contribution in [1.82, 2.24) is 15.5 Å². The van der Waals surface area contributed by atoms with E-state index in [-0.39, 0.29) is 24.0 Å². The fraction of sp³-hybridized carbons (Fsp3) is 0.682. The summed E-state index contributed by atoms with van der Waals surface area (Å²) in [5.41, 5.74) is 1.25. The molecule has 1 atom stereocenters.